The summed E-state index contributed by atoms with van der Waals surface area (Å²) in [7, 11) is 0. The van der Waals surface area contributed by atoms with Gasteiger partial charge in [0.05, 0.1) is 5.69 Å². The van der Waals surface area contributed by atoms with Crippen LogP contribution in [0.1, 0.15) is 57.1 Å². The van der Waals surface area contributed by atoms with Crippen LogP contribution in [0.25, 0.3) is 0 Å². The molecule has 0 aromatic carbocycles. The van der Waals surface area contributed by atoms with E-state index < -0.39 is 0 Å². The molecule has 0 aliphatic heterocycles. The first-order valence-electron chi connectivity index (χ1n) is 7.50. The molecule has 1 N–H and O–H groups in total. The fourth-order valence-corrected chi connectivity index (χ4v) is 3.65. The van der Waals surface area contributed by atoms with Gasteiger partial charge in [-0.3, -0.25) is 0 Å². The number of aryl methyl sites for hydroxylation is 1. The number of nitrogens with zero attached hydrogens (tertiary/aromatic N) is 2. The molecule has 3 nitrogen and oxygen atoms in total. The summed E-state index contributed by atoms with van der Waals surface area (Å²) in [5, 5.41) is 4.72. The number of hydrogen-bond acceptors (Lipinski definition) is 4. The normalized spacial score (nSPS) is 16.9. The highest BCUT2D eigenvalue weighted by Crippen LogP contribution is 2.37. The molecule has 1 aromatic heterocycles. The zero-order valence-electron chi connectivity index (χ0n) is 12.9. The number of hydrogen-bond donors (Lipinski definition) is 1. The Morgan fingerprint density at radius 1 is 1.37 bits per heavy atom. The summed E-state index contributed by atoms with van der Waals surface area (Å²) < 4.78 is 0. The van der Waals surface area contributed by atoms with E-state index in [0.717, 1.165) is 19.1 Å². The van der Waals surface area contributed by atoms with Crippen LogP contribution in [0.15, 0.2) is 0 Å². The van der Waals surface area contributed by atoms with Crippen molar-refractivity contribution in [3.05, 3.63) is 10.6 Å². The molecular weight excluding hydrogens is 254 g/mol. The van der Waals surface area contributed by atoms with Crippen LogP contribution in [0, 0.1) is 12.8 Å². The van der Waals surface area contributed by atoms with Gasteiger partial charge < -0.3 is 10.2 Å². The Labute approximate surface area is 121 Å². The third-order valence-corrected chi connectivity index (χ3v) is 4.90. The maximum atomic E-state index is 4.83. The molecule has 1 aromatic rings. The van der Waals surface area contributed by atoms with Gasteiger partial charge in [0.15, 0.2) is 5.13 Å². The number of anilines is 1. The molecule has 1 atom stereocenters. The maximum absolute atomic E-state index is 4.83. The van der Waals surface area contributed by atoms with Crippen molar-refractivity contribution in [3.63, 3.8) is 0 Å². The highest BCUT2D eigenvalue weighted by molar-refractivity contribution is 7.15. The van der Waals surface area contributed by atoms with Gasteiger partial charge in [-0.15, -0.1) is 11.3 Å². The minimum Gasteiger partial charge on any atom is -0.345 e. The lowest BCUT2D eigenvalue weighted by Gasteiger charge is -2.23. The Bertz CT molecular complexity index is 410. The summed E-state index contributed by atoms with van der Waals surface area (Å²) in [6, 6.07) is 1.16. The average molecular weight is 281 g/mol. The van der Waals surface area contributed by atoms with Gasteiger partial charge in [0.2, 0.25) is 0 Å². The monoisotopic (exact) mass is 281 g/mol. The van der Waals surface area contributed by atoms with Crippen molar-refractivity contribution in [3.8, 4) is 0 Å². The van der Waals surface area contributed by atoms with Crippen molar-refractivity contribution in [2.45, 2.75) is 59.5 Å². The SMILES string of the molecule is CCNC(C)c1sc(N(CC(C)C)C2CC2)nc1C. The van der Waals surface area contributed by atoms with Crippen LogP contribution in [-0.4, -0.2) is 24.1 Å². The fraction of sp³-hybridized carbons (Fsp3) is 0.800. The summed E-state index contributed by atoms with van der Waals surface area (Å²) in [5.74, 6) is 0.694. The van der Waals surface area contributed by atoms with E-state index in [9.17, 15) is 0 Å². The third-order valence-electron chi connectivity index (χ3n) is 3.52. The number of rotatable bonds is 7. The number of thiazole rings is 1. The fourth-order valence-electron chi connectivity index (χ4n) is 2.48. The largest absolute Gasteiger partial charge is 0.345 e. The van der Waals surface area contributed by atoms with Gasteiger partial charge in [-0.2, -0.15) is 0 Å². The van der Waals surface area contributed by atoms with Gasteiger partial charge in [0, 0.05) is 23.5 Å². The summed E-state index contributed by atoms with van der Waals surface area (Å²) in [6.45, 7) is 13.2. The molecule has 2 rings (SSSR count). The molecule has 0 amide bonds. The second-order valence-corrected chi connectivity index (χ2v) is 7.01. The molecule has 19 heavy (non-hydrogen) atoms. The zero-order chi connectivity index (χ0) is 14.0. The van der Waals surface area contributed by atoms with Crippen LogP contribution in [0.4, 0.5) is 5.13 Å². The first-order valence-corrected chi connectivity index (χ1v) is 8.31. The molecule has 1 fully saturated rings. The van der Waals surface area contributed by atoms with Crippen molar-refractivity contribution < 1.29 is 0 Å². The van der Waals surface area contributed by atoms with E-state index in [4.69, 9.17) is 4.98 Å². The number of aromatic nitrogens is 1. The summed E-state index contributed by atoms with van der Waals surface area (Å²) >= 11 is 1.88. The standard InChI is InChI=1S/C15H27N3S/c1-6-16-11(4)14-12(5)17-15(19-14)18(9-10(2)3)13-7-8-13/h10-11,13,16H,6-9H2,1-5H3. The van der Waals surface area contributed by atoms with E-state index in [1.807, 2.05) is 11.3 Å². The van der Waals surface area contributed by atoms with Crippen LogP contribution in [0.3, 0.4) is 0 Å². The van der Waals surface area contributed by atoms with Gasteiger partial charge in [-0.25, -0.2) is 4.98 Å². The molecule has 108 valence electrons. The first kappa shape index (κ1) is 14.8. The van der Waals surface area contributed by atoms with Gasteiger partial charge >= 0.3 is 0 Å². The quantitative estimate of drug-likeness (QED) is 0.825. The first-order chi connectivity index (χ1) is 9.02. The van der Waals surface area contributed by atoms with E-state index in [0.29, 0.717) is 12.0 Å². The Morgan fingerprint density at radius 2 is 2.05 bits per heavy atom. The van der Waals surface area contributed by atoms with Crippen molar-refractivity contribution in [1.29, 1.82) is 0 Å². The van der Waals surface area contributed by atoms with E-state index in [2.05, 4.69) is 44.8 Å². The lowest BCUT2D eigenvalue weighted by molar-refractivity contribution is 0.602. The summed E-state index contributed by atoms with van der Waals surface area (Å²) in [5.41, 5.74) is 1.20. The average Bonchev–Trinajstić information content (AvgIpc) is 3.09. The van der Waals surface area contributed by atoms with Gasteiger partial charge in [0.25, 0.3) is 0 Å². The Morgan fingerprint density at radius 3 is 2.58 bits per heavy atom. The van der Waals surface area contributed by atoms with Crippen LogP contribution < -0.4 is 10.2 Å². The van der Waals surface area contributed by atoms with Crippen molar-refractivity contribution in [2.75, 3.05) is 18.0 Å². The highest BCUT2D eigenvalue weighted by Gasteiger charge is 2.32. The Hall–Kier alpha value is -0.610. The van der Waals surface area contributed by atoms with Crippen LogP contribution in [-0.2, 0) is 0 Å². The summed E-state index contributed by atoms with van der Waals surface area (Å²) in [4.78, 5) is 8.76. The smallest absolute Gasteiger partial charge is 0.186 e. The van der Waals surface area contributed by atoms with Crippen LogP contribution >= 0.6 is 11.3 Å². The van der Waals surface area contributed by atoms with Crippen molar-refractivity contribution in [2.24, 2.45) is 5.92 Å². The van der Waals surface area contributed by atoms with E-state index in [-0.39, 0.29) is 0 Å². The second-order valence-electron chi connectivity index (χ2n) is 6.00. The molecule has 1 aliphatic rings. The molecular formula is C15H27N3S. The lowest BCUT2D eigenvalue weighted by Crippen LogP contribution is -2.29. The zero-order valence-corrected chi connectivity index (χ0v) is 13.7. The molecule has 1 unspecified atom stereocenters. The minimum absolute atomic E-state index is 0.413. The minimum atomic E-state index is 0.413. The lowest BCUT2D eigenvalue weighted by atomic mass is 10.2. The molecule has 0 saturated heterocycles. The molecule has 0 bridgehead atoms. The summed E-state index contributed by atoms with van der Waals surface area (Å²) in [6.07, 6.45) is 2.67. The van der Waals surface area contributed by atoms with Gasteiger partial charge in [-0.05, 0) is 39.2 Å². The third kappa shape index (κ3) is 3.69. The molecule has 1 aliphatic carbocycles. The van der Waals surface area contributed by atoms with Crippen molar-refractivity contribution in [1.82, 2.24) is 10.3 Å². The molecule has 0 spiro atoms. The number of nitrogens with one attached hydrogen (secondary N) is 1. The van der Waals surface area contributed by atoms with Gasteiger partial charge in [-0.1, -0.05) is 20.8 Å². The highest BCUT2D eigenvalue weighted by atomic mass is 32.1. The van der Waals surface area contributed by atoms with Crippen LogP contribution in [0.2, 0.25) is 0 Å². The Balaban J connectivity index is 2.16. The molecule has 4 heteroatoms. The molecule has 0 radical (unpaired) electrons. The van der Waals surface area contributed by atoms with Crippen LogP contribution in [0.5, 0.6) is 0 Å². The topological polar surface area (TPSA) is 28.2 Å². The maximum Gasteiger partial charge on any atom is 0.186 e. The molecule has 1 heterocycles. The predicted octanol–water partition coefficient (Wildman–Crippen LogP) is 3.75. The van der Waals surface area contributed by atoms with E-state index >= 15 is 0 Å². The van der Waals surface area contributed by atoms with Crippen molar-refractivity contribution >= 4 is 16.5 Å². The molecule has 1 saturated carbocycles. The predicted molar refractivity (Wildman–Crippen MR) is 84.1 cm³/mol. The Kier molecular flexibility index (Phi) is 4.85. The van der Waals surface area contributed by atoms with E-state index in [1.54, 1.807) is 0 Å². The van der Waals surface area contributed by atoms with Gasteiger partial charge in [0.1, 0.15) is 0 Å². The second kappa shape index (κ2) is 6.23. The van der Waals surface area contributed by atoms with E-state index in [1.165, 1.54) is 28.5 Å².